The van der Waals surface area contributed by atoms with Crippen LogP contribution < -0.4 is 0 Å². The molecule has 0 aliphatic carbocycles. The molecule has 0 saturated carbocycles. The van der Waals surface area contributed by atoms with E-state index in [9.17, 15) is 10.2 Å². The fraction of sp³-hybridized carbons (Fsp3) is 1.00. The van der Waals surface area contributed by atoms with Crippen molar-refractivity contribution in [3.63, 3.8) is 0 Å². The Bertz CT molecular complexity index is 157. The van der Waals surface area contributed by atoms with Crippen molar-refractivity contribution in [1.82, 2.24) is 0 Å². The SMILES string of the molecule is CO[C@H]1C[C@](C)(O)[C@H](O)[C@@H](C)O1. The van der Waals surface area contributed by atoms with Gasteiger partial charge in [-0.1, -0.05) is 0 Å². The summed E-state index contributed by atoms with van der Waals surface area (Å²) in [7, 11) is 1.52. The predicted molar refractivity (Wildman–Crippen MR) is 42.6 cm³/mol. The molecular weight excluding hydrogens is 160 g/mol. The average molecular weight is 176 g/mol. The number of ether oxygens (including phenoxy) is 2. The third kappa shape index (κ3) is 1.77. The van der Waals surface area contributed by atoms with E-state index in [1.54, 1.807) is 13.8 Å². The van der Waals surface area contributed by atoms with Gasteiger partial charge in [-0.05, 0) is 13.8 Å². The molecule has 72 valence electrons. The van der Waals surface area contributed by atoms with E-state index in [2.05, 4.69) is 0 Å². The molecule has 1 saturated heterocycles. The summed E-state index contributed by atoms with van der Waals surface area (Å²) in [5, 5.41) is 19.2. The van der Waals surface area contributed by atoms with Crippen molar-refractivity contribution in [3.05, 3.63) is 0 Å². The van der Waals surface area contributed by atoms with Crippen LogP contribution in [-0.2, 0) is 9.47 Å². The minimum atomic E-state index is -1.11. The van der Waals surface area contributed by atoms with Gasteiger partial charge in [0.15, 0.2) is 6.29 Å². The van der Waals surface area contributed by atoms with Gasteiger partial charge in [-0.3, -0.25) is 0 Å². The van der Waals surface area contributed by atoms with Crippen molar-refractivity contribution in [2.45, 2.75) is 44.4 Å². The van der Waals surface area contributed by atoms with Crippen LogP contribution in [0.4, 0.5) is 0 Å². The van der Waals surface area contributed by atoms with E-state index in [1.165, 1.54) is 7.11 Å². The first-order chi connectivity index (χ1) is 5.47. The molecule has 2 N–H and O–H groups in total. The second-order valence-corrected chi connectivity index (χ2v) is 3.51. The highest BCUT2D eigenvalue weighted by molar-refractivity contribution is 4.90. The van der Waals surface area contributed by atoms with Crippen LogP contribution in [0.1, 0.15) is 20.3 Å². The zero-order valence-corrected chi connectivity index (χ0v) is 7.65. The zero-order valence-electron chi connectivity index (χ0n) is 7.65. The van der Waals surface area contributed by atoms with Crippen LogP contribution in [0.2, 0.25) is 0 Å². The predicted octanol–water partition coefficient (Wildman–Crippen LogP) is -0.120. The molecule has 0 amide bonds. The lowest BCUT2D eigenvalue weighted by molar-refractivity contribution is -0.264. The lowest BCUT2D eigenvalue weighted by atomic mass is 9.89. The largest absolute Gasteiger partial charge is 0.387 e. The molecule has 1 aliphatic heterocycles. The molecule has 4 heteroatoms. The molecule has 0 aromatic rings. The van der Waals surface area contributed by atoms with Crippen molar-refractivity contribution in [1.29, 1.82) is 0 Å². The quantitative estimate of drug-likeness (QED) is 0.584. The number of aliphatic hydroxyl groups excluding tert-OH is 1. The Morgan fingerprint density at radius 3 is 2.58 bits per heavy atom. The minimum Gasteiger partial charge on any atom is -0.387 e. The Kier molecular flexibility index (Phi) is 2.73. The number of methoxy groups -OCH3 is 1. The maximum atomic E-state index is 9.70. The Labute approximate surface area is 72.1 Å². The highest BCUT2D eigenvalue weighted by Gasteiger charge is 2.43. The highest BCUT2D eigenvalue weighted by Crippen LogP contribution is 2.28. The van der Waals surface area contributed by atoms with Gasteiger partial charge in [0, 0.05) is 13.5 Å². The molecule has 1 fully saturated rings. The molecule has 1 rings (SSSR count). The van der Waals surface area contributed by atoms with Gasteiger partial charge < -0.3 is 19.7 Å². The van der Waals surface area contributed by atoms with Crippen LogP contribution >= 0.6 is 0 Å². The number of hydrogen-bond donors (Lipinski definition) is 2. The average Bonchev–Trinajstić information content (AvgIpc) is 1.99. The molecule has 4 nitrogen and oxygen atoms in total. The zero-order chi connectivity index (χ0) is 9.35. The summed E-state index contributed by atoms with van der Waals surface area (Å²) in [6.07, 6.45) is -1.35. The topological polar surface area (TPSA) is 58.9 Å². The maximum absolute atomic E-state index is 9.70. The van der Waals surface area contributed by atoms with Gasteiger partial charge in [-0.2, -0.15) is 0 Å². The minimum absolute atomic E-state index is 0.301. The Balaban J connectivity index is 2.65. The lowest BCUT2D eigenvalue weighted by Crippen LogP contribution is -2.54. The Morgan fingerprint density at radius 2 is 2.17 bits per heavy atom. The van der Waals surface area contributed by atoms with E-state index in [0.717, 1.165) is 0 Å². The lowest BCUT2D eigenvalue weighted by Gasteiger charge is -2.41. The Morgan fingerprint density at radius 1 is 1.58 bits per heavy atom. The summed E-state index contributed by atoms with van der Waals surface area (Å²) in [5.41, 5.74) is -1.11. The normalized spacial score (nSPS) is 49.2. The van der Waals surface area contributed by atoms with Crippen LogP contribution in [0.5, 0.6) is 0 Å². The van der Waals surface area contributed by atoms with Gasteiger partial charge in [-0.15, -0.1) is 0 Å². The maximum Gasteiger partial charge on any atom is 0.160 e. The highest BCUT2D eigenvalue weighted by atomic mass is 16.7. The van der Waals surface area contributed by atoms with Gasteiger partial charge in [-0.25, -0.2) is 0 Å². The summed E-state index contributed by atoms with van der Waals surface area (Å²) < 4.78 is 10.2. The van der Waals surface area contributed by atoms with Gasteiger partial charge in [0.05, 0.1) is 11.7 Å². The van der Waals surface area contributed by atoms with Gasteiger partial charge in [0.25, 0.3) is 0 Å². The summed E-state index contributed by atoms with van der Waals surface area (Å²) in [5.74, 6) is 0. The molecule has 0 aromatic carbocycles. The smallest absolute Gasteiger partial charge is 0.160 e. The summed E-state index contributed by atoms with van der Waals surface area (Å²) in [4.78, 5) is 0. The Hall–Kier alpha value is -0.160. The molecule has 0 aromatic heterocycles. The fourth-order valence-corrected chi connectivity index (χ4v) is 1.46. The molecule has 0 unspecified atom stereocenters. The van der Waals surface area contributed by atoms with E-state index >= 15 is 0 Å². The van der Waals surface area contributed by atoms with Crippen molar-refractivity contribution in [2.75, 3.05) is 7.11 Å². The first kappa shape index (κ1) is 9.92. The molecule has 0 spiro atoms. The van der Waals surface area contributed by atoms with Gasteiger partial charge in [0.1, 0.15) is 6.10 Å². The van der Waals surface area contributed by atoms with Crippen LogP contribution in [0, 0.1) is 0 Å². The van der Waals surface area contributed by atoms with Crippen molar-refractivity contribution < 1.29 is 19.7 Å². The molecule has 0 bridgehead atoms. The van der Waals surface area contributed by atoms with Gasteiger partial charge in [0.2, 0.25) is 0 Å². The van der Waals surface area contributed by atoms with E-state index in [4.69, 9.17) is 9.47 Å². The molecule has 0 radical (unpaired) electrons. The summed E-state index contributed by atoms with van der Waals surface area (Å²) in [6, 6.07) is 0. The van der Waals surface area contributed by atoms with Crippen LogP contribution in [0.15, 0.2) is 0 Å². The van der Waals surface area contributed by atoms with E-state index < -0.39 is 24.1 Å². The number of aliphatic hydroxyl groups is 2. The second-order valence-electron chi connectivity index (χ2n) is 3.51. The number of hydrogen-bond acceptors (Lipinski definition) is 4. The van der Waals surface area contributed by atoms with E-state index in [1.807, 2.05) is 0 Å². The summed E-state index contributed by atoms with van der Waals surface area (Å²) in [6.45, 7) is 3.30. The van der Waals surface area contributed by atoms with E-state index in [-0.39, 0.29) is 0 Å². The molecule has 1 heterocycles. The van der Waals surface area contributed by atoms with Crippen LogP contribution in [0.3, 0.4) is 0 Å². The first-order valence-electron chi connectivity index (χ1n) is 4.06. The third-order valence-corrected chi connectivity index (χ3v) is 2.29. The second kappa shape index (κ2) is 3.30. The van der Waals surface area contributed by atoms with Crippen LogP contribution in [-0.4, -0.2) is 41.4 Å². The molecule has 4 atom stereocenters. The molecular formula is C8H16O4. The van der Waals surface area contributed by atoms with Crippen molar-refractivity contribution in [2.24, 2.45) is 0 Å². The molecule has 12 heavy (non-hydrogen) atoms. The third-order valence-electron chi connectivity index (χ3n) is 2.29. The first-order valence-corrected chi connectivity index (χ1v) is 4.06. The fourth-order valence-electron chi connectivity index (χ4n) is 1.46. The van der Waals surface area contributed by atoms with Crippen molar-refractivity contribution in [3.8, 4) is 0 Å². The van der Waals surface area contributed by atoms with Crippen molar-refractivity contribution >= 4 is 0 Å². The summed E-state index contributed by atoms with van der Waals surface area (Å²) >= 11 is 0. The van der Waals surface area contributed by atoms with Gasteiger partial charge >= 0.3 is 0 Å². The van der Waals surface area contributed by atoms with Crippen LogP contribution in [0.25, 0.3) is 0 Å². The molecule has 1 aliphatic rings. The number of rotatable bonds is 1. The van der Waals surface area contributed by atoms with E-state index in [0.29, 0.717) is 6.42 Å². The standard InChI is InChI=1S/C8H16O4/c1-5-7(9)8(2,10)4-6(11-3)12-5/h5-7,9-10H,4H2,1-3H3/t5-,6-,7-,8+/m1/s1. The monoisotopic (exact) mass is 176 g/mol.